The van der Waals surface area contributed by atoms with Crippen molar-refractivity contribution in [3.63, 3.8) is 0 Å². The van der Waals surface area contributed by atoms with E-state index in [1.807, 2.05) is 13.0 Å². The molecule has 5 aliphatic rings. The third kappa shape index (κ3) is 2.86. The van der Waals surface area contributed by atoms with Crippen molar-refractivity contribution in [1.29, 1.82) is 0 Å². The van der Waals surface area contributed by atoms with E-state index in [-0.39, 0.29) is 31.1 Å². The molecule has 1 aromatic heterocycles. The van der Waals surface area contributed by atoms with Gasteiger partial charge in [0, 0.05) is 35.6 Å². The van der Waals surface area contributed by atoms with Gasteiger partial charge in [0.1, 0.15) is 23.0 Å². The quantitative estimate of drug-likeness (QED) is 0.587. The molecule has 9 heteroatoms. The highest BCUT2D eigenvalue weighted by atomic mass is 19.2. The summed E-state index contributed by atoms with van der Waals surface area (Å²) in [5, 5.41) is 24.7. The number of carbonyl (C=O) groups is 1. The van der Waals surface area contributed by atoms with Crippen LogP contribution in [0.5, 0.6) is 0 Å². The number of aliphatic hydroxyl groups is 2. The molecule has 36 heavy (non-hydrogen) atoms. The summed E-state index contributed by atoms with van der Waals surface area (Å²) >= 11 is 0. The lowest BCUT2D eigenvalue weighted by Crippen LogP contribution is -2.78. The zero-order chi connectivity index (χ0) is 25.7. The van der Waals surface area contributed by atoms with Gasteiger partial charge in [-0.25, -0.2) is 8.78 Å². The molecule has 6 rings (SSSR count). The molecule has 1 amide bonds. The summed E-state index contributed by atoms with van der Waals surface area (Å²) in [7, 11) is 3.56. The molecule has 0 aromatic carbocycles. The zero-order valence-corrected chi connectivity index (χ0v) is 21.0. The Morgan fingerprint density at radius 3 is 2.69 bits per heavy atom. The fourth-order valence-corrected chi connectivity index (χ4v) is 8.51. The third-order valence-corrected chi connectivity index (χ3v) is 10.4. The maximum Gasteiger partial charge on any atom is 0.251 e. The van der Waals surface area contributed by atoms with Crippen molar-refractivity contribution in [3.05, 3.63) is 36.2 Å². The number of amides is 1. The monoisotopic (exact) mass is 503 g/mol. The molecular weight excluding hydrogens is 468 g/mol. The molecule has 3 aliphatic carbocycles. The van der Waals surface area contributed by atoms with Crippen molar-refractivity contribution in [2.45, 2.75) is 92.7 Å². The fourth-order valence-electron chi connectivity index (χ4n) is 8.51. The summed E-state index contributed by atoms with van der Waals surface area (Å²) in [5.41, 5.74) is -6.44. The number of hydrogen-bond donors (Lipinski definition) is 3. The first-order valence-electron chi connectivity index (χ1n) is 12.9. The highest BCUT2D eigenvalue weighted by molar-refractivity contribution is 6.05. The molecule has 7 nitrogen and oxygen atoms in total. The van der Waals surface area contributed by atoms with Gasteiger partial charge in [0.25, 0.3) is 5.91 Å². The van der Waals surface area contributed by atoms with Gasteiger partial charge in [0.15, 0.2) is 5.67 Å². The molecule has 3 heterocycles. The van der Waals surface area contributed by atoms with Gasteiger partial charge in [-0.2, -0.15) is 0 Å². The molecule has 2 saturated heterocycles. The van der Waals surface area contributed by atoms with Crippen LogP contribution in [-0.4, -0.2) is 80.9 Å². The lowest BCUT2D eigenvalue weighted by atomic mass is 9.51. The van der Waals surface area contributed by atoms with Crippen LogP contribution in [0.25, 0.3) is 0 Å². The van der Waals surface area contributed by atoms with Crippen molar-refractivity contribution in [1.82, 2.24) is 9.88 Å². The predicted octanol–water partition coefficient (Wildman–Crippen LogP) is 2.93. The predicted molar refractivity (Wildman–Crippen MR) is 129 cm³/mol. The third-order valence-electron chi connectivity index (χ3n) is 10.4. The summed E-state index contributed by atoms with van der Waals surface area (Å²) < 4.78 is 40.5. The summed E-state index contributed by atoms with van der Waals surface area (Å²) in [5.74, 6) is -0.563. The summed E-state index contributed by atoms with van der Waals surface area (Å²) in [4.78, 5) is 19.1. The van der Waals surface area contributed by atoms with Crippen LogP contribution >= 0.6 is 0 Å². The van der Waals surface area contributed by atoms with Gasteiger partial charge in [-0.15, -0.1) is 0 Å². The fraction of sp³-hybridized carbons (Fsp3) is 0.704. The van der Waals surface area contributed by atoms with E-state index in [9.17, 15) is 15.0 Å². The van der Waals surface area contributed by atoms with Gasteiger partial charge < -0.3 is 25.2 Å². The standard InChI is InChI=1S/C27H35F2N3O4/c1-23-8-9-24(28)15-26(29)21(34)20(33)18(32(2)3)13-25(26)10-11-27(24,36-25)19(23)7-6-17(23)22(35)31-16-5-4-12-30-14-16/h4-6,12,14,18-21,33-34H,7-11,13,15H2,1-3H3,(H,31,35). The average molecular weight is 504 g/mol. The molecule has 9 atom stereocenters. The maximum atomic E-state index is 17.1. The smallest absolute Gasteiger partial charge is 0.251 e. The van der Waals surface area contributed by atoms with Gasteiger partial charge in [0.2, 0.25) is 0 Å². The van der Waals surface area contributed by atoms with Crippen molar-refractivity contribution in [2.75, 3.05) is 19.4 Å². The van der Waals surface area contributed by atoms with E-state index in [2.05, 4.69) is 10.3 Å². The number of fused-ring (bicyclic) bond motifs is 1. The number of rotatable bonds is 3. The summed E-state index contributed by atoms with van der Waals surface area (Å²) in [6.45, 7) is 2.00. The number of alkyl halides is 2. The minimum atomic E-state index is -2.38. The molecule has 2 aliphatic heterocycles. The van der Waals surface area contributed by atoms with Crippen LogP contribution in [0, 0.1) is 11.3 Å². The van der Waals surface area contributed by atoms with Crippen molar-refractivity contribution >= 4 is 11.6 Å². The molecular formula is C27H35F2N3O4. The number of aliphatic hydroxyl groups excluding tert-OH is 2. The van der Waals surface area contributed by atoms with E-state index in [0.29, 0.717) is 30.5 Å². The van der Waals surface area contributed by atoms with E-state index < -0.39 is 52.6 Å². The van der Waals surface area contributed by atoms with Crippen LogP contribution in [0.4, 0.5) is 14.5 Å². The van der Waals surface area contributed by atoms with Crippen LogP contribution in [-0.2, 0) is 9.53 Å². The second-order valence-electron chi connectivity index (χ2n) is 12.2. The Balaban J connectivity index is 1.35. The Bertz CT molecular complexity index is 1120. The highest BCUT2D eigenvalue weighted by Crippen LogP contribution is 2.73. The Morgan fingerprint density at radius 2 is 2.00 bits per heavy atom. The van der Waals surface area contributed by atoms with E-state index in [1.54, 1.807) is 43.5 Å². The SMILES string of the molecule is CN(C)C1CC23CCC4(O2)C2CC=C(C(=O)Nc5cccnc5)C2(C)CCC4(F)CC3(F)C(O)C1O. The Morgan fingerprint density at radius 1 is 1.22 bits per heavy atom. The van der Waals surface area contributed by atoms with Gasteiger partial charge in [0.05, 0.1) is 18.0 Å². The zero-order valence-electron chi connectivity index (χ0n) is 21.0. The molecule has 2 bridgehead atoms. The number of hydrogen-bond acceptors (Lipinski definition) is 6. The second kappa shape index (κ2) is 7.56. The van der Waals surface area contributed by atoms with Crippen LogP contribution in [0.15, 0.2) is 36.2 Å². The van der Waals surface area contributed by atoms with Gasteiger partial charge >= 0.3 is 0 Å². The van der Waals surface area contributed by atoms with Crippen molar-refractivity contribution in [2.24, 2.45) is 11.3 Å². The Kier molecular flexibility index (Phi) is 5.12. The number of pyridine rings is 1. The summed E-state index contributed by atoms with van der Waals surface area (Å²) in [6.07, 6.45) is 3.17. The number of carbonyl (C=O) groups excluding carboxylic acids is 1. The van der Waals surface area contributed by atoms with Gasteiger partial charge in [-0.05, 0) is 64.8 Å². The van der Waals surface area contributed by atoms with Gasteiger partial charge in [-0.1, -0.05) is 13.0 Å². The average Bonchev–Trinajstić information content (AvgIpc) is 3.38. The second-order valence-corrected chi connectivity index (χ2v) is 12.2. The molecule has 3 N–H and O–H groups in total. The van der Waals surface area contributed by atoms with Crippen molar-refractivity contribution < 1.29 is 28.5 Å². The largest absolute Gasteiger partial charge is 0.389 e. The minimum absolute atomic E-state index is 0.0270. The van der Waals surface area contributed by atoms with Crippen LogP contribution in [0.2, 0.25) is 0 Å². The van der Waals surface area contributed by atoms with Crippen LogP contribution < -0.4 is 5.32 Å². The lowest BCUT2D eigenvalue weighted by Gasteiger charge is -2.65. The van der Waals surface area contributed by atoms with Crippen LogP contribution in [0.1, 0.15) is 51.9 Å². The molecule has 0 radical (unpaired) electrons. The normalized spacial score (nSPS) is 49.2. The van der Waals surface area contributed by atoms with Gasteiger partial charge in [-0.3, -0.25) is 9.78 Å². The van der Waals surface area contributed by atoms with E-state index >= 15 is 8.78 Å². The lowest BCUT2D eigenvalue weighted by molar-refractivity contribution is -0.347. The first-order chi connectivity index (χ1) is 16.9. The number of nitrogens with zero attached hydrogens (tertiary/aromatic N) is 2. The van der Waals surface area contributed by atoms with E-state index in [1.165, 1.54) is 0 Å². The highest BCUT2D eigenvalue weighted by Gasteiger charge is 2.82. The maximum absolute atomic E-state index is 17.1. The number of nitrogens with one attached hydrogen (secondary N) is 1. The molecule has 2 saturated carbocycles. The van der Waals surface area contributed by atoms with Crippen LogP contribution in [0.3, 0.4) is 0 Å². The first kappa shape index (κ1) is 24.4. The number of anilines is 1. The molecule has 4 fully saturated rings. The first-order valence-corrected chi connectivity index (χ1v) is 12.9. The van der Waals surface area contributed by atoms with E-state index in [4.69, 9.17) is 4.74 Å². The number of ether oxygens (including phenoxy) is 1. The number of allylic oxidation sites excluding steroid dienone is 1. The topological polar surface area (TPSA) is 94.9 Å². The Labute approximate surface area is 209 Å². The van der Waals surface area contributed by atoms with Crippen molar-refractivity contribution in [3.8, 4) is 0 Å². The molecule has 9 unspecified atom stereocenters. The number of aromatic nitrogens is 1. The number of likely N-dealkylation sites (N-methyl/N-ethyl adjacent to an activating group) is 1. The molecule has 2 spiro atoms. The molecule has 196 valence electrons. The van der Waals surface area contributed by atoms with E-state index in [0.717, 1.165) is 0 Å². The number of halogens is 2. The Hall–Kier alpha value is -1.94. The molecule has 1 aromatic rings. The minimum Gasteiger partial charge on any atom is -0.389 e. The summed E-state index contributed by atoms with van der Waals surface area (Å²) in [6, 6.07) is 3.00.